The SMILES string of the molecule is C[C@@H](O)[C@H](N)C(=O)O.N[C@@H](CC(=O)O)C(=O)O.N[C@@H](Cc1ccc(OC(=O)[C@@H](N)Cc2c[nH]c3ccccc23)cc1)C(=O)O. The first-order chi connectivity index (χ1) is 20.5. The molecule has 44 heavy (non-hydrogen) atoms. The first-order valence-electron chi connectivity index (χ1n) is 13.0. The molecule has 3 rings (SSSR count). The zero-order valence-electron chi connectivity index (χ0n) is 23.7. The third-order valence-corrected chi connectivity index (χ3v) is 5.85. The molecular formula is C28H37N5O11. The van der Waals surface area contributed by atoms with E-state index in [0.29, 0.717) is 12.2 Å². The Morgan fingerprint density at radius 3 is 1.80 bits per heavy atom. The summed E-state index contributed by atoms with van der Waals surface area (Å²) >= 11 is 0. The molecule has 0 spiro atoms. The molecule has 0 fully saturated rings. The molecule has 0 aliphatic carbocycles. The van der Waals surface area contributed by atoms with Gasteiger partial charge < -0.3 is 58.2 Å². The van der Waals surface area contributed by atoms with Gasteiger partial charge in [0.25, 0.3) is 0 Å². The summed E-state index contributed by atoms with van der Waals surface area (Å²) in [4.78, 5) is 55.7. The molecule has 16 nitrogen and oxygen atoms in total. The van der Waals surface area contributed by atoms with Crippen LogP contribution in [0.3, 0.4) is 0 Å². The Labute approximate surface area is 251 Å². The molecule has 0 aliphatic heterocycles. The lowest BCUT2D eigenvalue weighted by atomic mass is 10.1. The topological polar surface area (TPSA) is 316 Å². The van der Waals surface area contributed by atoms with Crippen molar-refractivity contribution < 1.29 is 54.2 Å². The van der Waals surface area contributed by atoms with Crippen molar-refractivity contribution in [2.24, 2.45) is 22.9 Å². The zero-order chi connectivity index (χ0) is 33.6. The van der Waals surface area contributed by atoms with Crippen molar-refractivity contribution in [2.45, 2.75) is 56.5 Å². The van der Waals surface area contributed by atoms with Gasteiger partial charge in [-0.05, 0) is 42.7 Å². The second-order valence-corrected chi connectivity index (χ2v) is 9.53. The molecule has 0 amide bonds. The number of esters is 1. The number of nitrogens with one attached hydrogen (secondary N) is 1. The number of nitrogens with two attached hydrogens (primary N) is 4. The number of carboxylic acids is 4. The third kappa shape index (κ3) is 13.0. The Morgan fingerprint density at radius 2 is 1.34 bits per heavy atom. The number of carbonyl (C=O) groups excluding carboxylic acids is 1. The number of carbonyl (C=O) groups is 5. The highest BCUT2D eigenvalue weighted by Gasteiger charge is 2.19. The fourth-order valence-electron chi connectivity index (χ4n) is 3.33. The maximum absolute atomic E-state index is 12.3. The molecule has 1 heterocycles. The molecule has 0 unspecified atom stereocenters. The molecule has 0 bridgehead atoms. The van der Waals surface area contributed by atoms with Gasteiger partial charge in [0.1, 0.15) is 29.9 Å². The molecule has 16 heteroatoms. The highest BCUT2D eigenvalue weighted by Crippen LogP contribution is 2.20. The van der Waals surface area contributed by atoms with Gasteiger partial charge in [0.15, 0.2) is 0 Å². The normalized spacial score (nSPS) is 13.9. The van der Waals surface area contributed by atoms with Crippen LogP contribution in [0, 0.1) is 0 Å². The van der Waals surface area contributed by atoms with E-state index in [1.165, 1.54) is 6.92 Å². The van der Waals surface area contributed by atoms with E-state index >= 15 is 0 Å². The monoisotopic (exact) mass is 619 g/mol. The maximum Gasteiger partial charge on any atom is 0.328 e. The largest absolute Gasteiger partial charge is 0.481 e. The quantitative estimate of drug-likeness (QED) is 0.0880. The van der Waals surface area contributed by atoms with E-state index in [1.807, 2.05) is 30.5 Å². The molecule has 240 valence electrons. The highest BCUT2D eigenvalue weighted by atomic mass is 16.5. The standard InChI is InChI=1S/C20H21N3O4.C4H7NO4.C4H9NO3/c21-16(19(24)25)9-12-5-7-14(8-6-12)27-20(26)17(22)10-13-11-23-18-4-2-1-3-15(13)18;5-2(4(8)9)1-3(6)7;1-2(6)3(5)4(7)8/h1-8,11,16-17,23H,9-10,21-22H2,(H,24,25);2H,1,5H2,(H,6,7)(H,8,9);2-3,6H,5H2,1H3,(H,7,8)/t16-,17-;2-;2-,3+/m001/s1. The second kappa shape index (κ2) is 17.9. The van der Waals surface area contributed by atoms with Crippen LogP contribution in [-0.4, -0.2) is 90.6 Å². The number of fused-ring (bicyclic) bond motifs is 1. The number of rotatable bonds is 12. The molecule has 2 aromatic carbocycles. The second-order valence-electron chi connectivity index (χ2n) is 9.53. The van der Waals surface area contributed by atoms with E-state index in [-0.39, 0.29) is 6.42 Å². The highest BCUT2D eigenvalue weighted by molar-refractivity contribution is 5.85. The fourth-order valence-corrected chi connectivity index (χ4v) is 3.33. The van der Waals surface area contributed by atoms with Crippen LogP contribution in [0.2, 0.25) is 0 Å². The number of hydrogen-bond acceptors (Lipinski definition) is 11. The summed E-state index contributed by atoms with van der Waals surface area (Å²) in [6.45, 7) is 1.33. The number of H-pyrrole nitrogens is 1. The number of hydrogen-bond donors (Lipinski definition) is 10. The Bertz CT molecular complexity index is 1410. The number of aliphatic hydroxyl groups is 1. The van der Waals surface area contributed by atoms with Gasteiger partial charge in [-0.2, -0.15) is 0 Å². The number of aromatic nitrogens is 1. The average molecular weight is 620 g/mol. The van der Waals surface area contributed by atoms with E-state index < -0.39 is 66.5 Å². The van der Waals surface area contributed by atoms with E-state index in [9.17, 15) is 24.0 Å². The number of ether oxygens (including phenoxy) is 1. The lowest BCUT2D eigenvalue weighted by Crippen LogP contribution is -2.39. The maximum atomic E-state index is 12.3. The van der Waals surface area contributed by atoms with Gasteiger partial charge in [0, 0.05) is 23.5 Å². The van der Waals surface area contributed by atoms with Crippen molar-refractivity contribution in [2.75, 3.05) is 0 Å². The Kier molecular flexibility index (Phi) is 15.1. The van der Waals surface area contributed by atoms with Crippen LogP contribution < -0.4 is 27.7 Å². The minimum atomic E-state index is -1.29. The minimum Gasteiger partial charge on any atom is -0.481 e. The van der Waals surface area contributed by atoms with Gasteiger partial charge in [-0.15, -0.1) is 0 Å². The number of carboxylic acid groups (broad SMARTS) is 4. The number of aromatic amines is 1. The first-order valence-corrected chi connectivity index (χ1v) is 13.0. The van der Waals surface area contributed by atoms with Gasteiger partial charge in [-0.25, -0.2) is 4.79 Å². The van der Waals surface area contributed by atoms with Crippen LogP contribution in [0.15, 0.2) is 54.7 Å². The van der Waals surface area contributed by atoms with Crippen LogP contribution in [0.5, 0.6) is 5.75 Å². The van der Waals surface area contributed by atoms with E-state index in [1.54, 1.807) is 24.3 Å². The summed E-state index contributed by atoms with van der Waals surface area (Å²) in [6, 6.07) is 10.1. The number of aliphatic hydroxyl groups excluding tert-OH is 1. The summed E-state index contributed by atoms with van der Waals surface area (Å²) < 4.78 is 5.32. The summed E-state index contributed by atoms with van der Waals surface area (Å²) in [5.41, 5.74) is 23.9. The Hall–Kier alpha value is -4.87. The minimum absolute atomic E-state index is 0.198. The smallest absolute Gasteiger partial charge is 0.328 e. The van der Waals surface area contributed by atoms with Crippen molar-refractivity contribution in [1.82, 2.24) is 4.98 Å². The molecule has 14 N–H and O–H groups in total. The summed E-state index contributed by atoms with van der Waals surface area (Å²) in [5, 5.41) is 42.5. The van der Waals surface area contributed by atoms with Crippen molar-refractivity contribution in [3.63, 3.8) is 0 Å². The number of para-hydroxylation sites is 1. The molecule has 0 saturated carbocycles. The fraction of sp³-hybridized carbons (Fsp3) is 0.321. The van der Waals surface area contributed by atoms with Gasteiger partial charge in [-0.3, -0.25) is 19.2 Å². The lowest BCUT2D eigenvalue weighted by Gasteiger charge is -2.12. The Balaban J connectivity index is 0.000000468. The van der Waals surface area contributed by atoms with E-state index in [2.05, 4.69) is 4.98 Å². The molecule has 0 aliphatic rings. The predicted octanol–water partition coefficient (Wildman–Crippen LogP) is -0.750. The number of benzene rings is 2. The molecule has 0 radical (unpaired) electrons. The first kappa shape index (κ1) is 37.2. The Morgan fingerprint density at radius 1 is 0.773 bits per heavy atom. The molecule has 5 atom stereocenters. The predicted molar refractivity (Wildman–Crippen MR) is 157 cm³/mol. The van der Waals surface area contributed by atoms with Crippen LogP contribution >= 0.6 is 0 Å². The van der Waals surface area contributed by atoms with E-state index in [0.717, 1.165) is 22.0 Å². The molecule has 0 saturated heterocycles. The van der Waals surface area contributed by atoms with Gasteiger partial charge in [0.05, 0.1) is 12.5 Å². The summed E-state index contributed by atoms with van der Waals surface area (Å²) in [6.07, 6.45) is 0.888. The van der Waals surface area contributed by atoms with Crippen molar-refractivity contribution >= 4 is 40.7 Å². The van der Waals surface area contributed by atoms with Crippen LogP contribution in [0.25, 0.3) is 10.9 Å². The van der Waals surface area contributed by atoms with Crippen LogP contribution in [0.4, 0.5) is 0 Å². The van der Waals surface area contributed by atoms with Gasteiger partial charge >= 0.3 is 29.8 Å². The van der Waals surface area contributed by atoms with Crippen molar-refractivity contribution in [1.29, 1.82) is 0 Å². The van der Waals surface area contributed by atoms with E-state index in [4.69, 9.17) is 53.2 Å². The molecular weight excluding hydrogens is 582 g/mol. The summed E-state index contributed by atoms with van der Waals surface area (Å²) in [7, 11) is 0. The van der Waals surface area contributed by atoms with Crippen LogP contribution in [-0.2, 0) is 36.8 Å². The third-order valence-electron chi connectivity index (χ3n) is 5.85. The van der Waals surface area contributed by atoms with Gasteiger partial charge in [-0.1, -0.05) is 30.3 Å². The molecule has 1 aromatic heterocycles. The lowest BCUT2D eigenvalue weighted by molar-refractivity contribution is -0.144. The zero-order valence-corrected chi connectivity index (χ0v) is 23.7. The average Bonchev–Trinajstić information content (AvgIpc) is 3.36. The van der Waals surface area contributed by atoms with Crippen LogP contribution in [0.1, 0.15) is 24.5 Å². The van der Waals surface area contributed by atoms with Crippen molar-refractivity contribution in [3.05, 3.63) is 65.9 Å². The van der Waals surface area contributed by atoms with Gasteiger partial charge in [0.2, 0.25) is 0 Å². The number of aliphatic carboxylic acids is 4. The summed E-state index contributed by atoms with van der Waals surface area (Å²) in [5.74, 6) is -4.92. The van der Waals surface area contributed by atoms with Crippen molar-refractivity contribution in [3.8, 4) is 5.75 Å². The molecule has 3 aromatic rings.